The fourth-order valence-corrected chi connectivity index (χ4v) is 2.26. The van der Waals surface area contributed by atoms with Crippen LogP contribution in [-0.2, 0) is 0 Å². The minimum atomic E-state index is -4.18. The van der Waals surface area contributed by atoms with Crippen molar-refractivity contribution in [2.75, 3.05) is 45.5 Å². The molecule has 20 heavy (non-hydrogen) atoms. The molecule has 2 amide bonds. The molecule has 1 aliphatic rings. The van der Waals surface area contributed by atoms with Gasteiger partial charge in [0.15, 0.2) is 0 Å². The van der Waals surface area contributed by atoms with Crippen molar-refractivity contribution in [3.05, 3.63) is 0 Å². The van der Waals surface area contributed by atoms with Crippen LogP contribution in [0, 0.1) is 0 Å². The van der Waals surface area contributed by atoms with Gasteiger partial charge in [-0.15, -0.1) is 0 Å². The average molecular weight is 313 g/mol. The fourth-order valence-electron chi connectivity index (χ4n) is 2.01. The third kappa shape index (κ3) is 6.69. The normalized spacial score (nSPS) is 19.6. The number of nitrogens with zero attached hydrogens (tertiary/aromatic N) is 2. The molecule has 0 unspecified atom stereocenters. The predicted octanol–water partition coefficient (Wildman–Crippen LogP) is 2.02. The van der Waals surface area contributed by atoms with E-state index in [0.29, 0.717) is 37.8 Å². The predicted molar refractivity (Wildman–Crippen MR) is 75.1 cm³/mol. The molecular weight excluding hydrogens is 291 g/mol. The maximum Gasteiger partial charge on any atom is 0.401 e. The van der Waals surface area contributed by atoms with Crippen LogP contribution in [0.15, 0.2) is 0 Å². The number of nitrogens with one attached hydrogen (secondary N) is 1. The number of halogens is 3. The molecule has 1 atom stereocenters. The number of alkyl halides is 3. The van der Waals surface area contributed by atoms with Gasteiger partial charge in [0.1, 0.15) is 0 Å². The zero-order chi connectivity index (χ0) is 15.2. The van der Waals surface area contributed by atoms with Gasteiger partial charge in [0.25, 0.3) is 0 Å². The van der Waals surface area contributed by atoms with Gasteiger partial charge < -0.3 is 10.2 Å². The molecule has 1 aliphatic heterocycles. The number of urea groups is 1. The SMILES string of the molecule is CS[C@@H](C)CNC(=O)N1CCCN(CC(F)(F)F)CC1. The van der Waals surface area contributed by atoms with Crippen LogP contribution in [0.3, 0.4) is 0 Å². The Bertz CT molecular complexity index is 315. The summed E-state index contributed by atoms with van der Waals surface area (Å²) in [7, 11) is 0. The standard InChI is InChI=1S/C12H22F3N3OS/c1-10(20-2)8-16-11(19)18-5-3-4-17(6-7-18)9-12(13,14)15/h10H,3-9H2,1-2H3,(H,16,19)/t10-/m0/s1. The van der Waals surface area contributed by atoms with Crippen molar-refractivity contribution in [3.63, 3.8) is 0 Å². The highest BCUT2D eigenvalue weighted by Gasteiger charge is 2.31. The van der Waals surface area contributed by atoms with Crippen LogP contribution < -0.4 is 5.32 Å². The van der Waals surface area contributed by atoms with Gasteiger partial charge >= 0.3 is 12.2 Å². The lowest BCUT2D eigenvalue weighted by Gasteiger charge is -2.23. The van der Waals surface area contributed by atoms with Gasteiger partial charge in [0, 0.05) is 38.0 Å². The van der Waals surface area contributed by atoms with Crippen LogP contribution in [0.25, 0.3) is 0 Å². The van der Waals surface area contributed by atoms with Crippen LogP contribution >= 0.6 is 11.8 Å². The summed E-state index contributed by atoms with van der Waals surface area (Å²) in [6.45, 7) is 3.19. The molecule has 0 spiro atoms. The summed E-state index contributed by atoms with van der Waals surface area (Å²) in [6, 6.07) is -0.181. The van der Waals surface area contributed by atoms with Crippen molar-refractivity contribution in [1.29, 1.82) is 0 Å². The van der Waals surface area contributed by atoms with E-state index in [1.807, 2.05) is 13.2 Å². The number of rotatable bonds is 4. The molecule has 0 aromatic heterocycles. The molecule has 8 heteroatoms. The topological polar surface area (TPSA) is 35.6 Å². The van der Waals surface area contributed by atoms with Crippen molar-refractivity contribution in [2.45, 2.75) is 24.8 Å². The Morgan fingerprint density at radius 1 is 1.30 bits per heavy atom. The molecule has 0 bridgehead atoms. The Balaban J connectivity index is 2.37. The third-order valence-corrected chi connectivity index (χ3v) is 4.19. The number of carbonyl (C=O) groups excluding carboxylic acids is 1. The minimum absolute atomic E-state index is 0.181. The smallest absolute Gasteiger partial charge is 0.337 e. The lowest BCUT2D eigenvalue weighted by Crippen LogP contribution is -2.44. The Hall–Kier alpha value is -0.630. The van der Waals surface area contributed by atoms with Crippen molar-refractivity contribution in [1.82, 2.24) is 15.1 Å². The highest BCUT2D eigenvalue weighted by atomic mass is 32.2. The summed E-state index contributed by atoms with van der Waals surface area (Å²) >= 11 is 1.66. The Morgan fingerprint density at radius 2 is 2.00 bits per heavy atom. The van der Waals surface area contributed by atoms with E-state index in [1.54, 1.807) is 16.7 Å². The van der Waals surface area contributed by atoms with Gasteiger partial charge in [-0.25, -0.2) is 4.79 Å². The number of thioether (sulfide) groups is 1. The van der Waals surface area contributed by atoms with E-state index < -0.39 is 12.7 Å². The zero-order valence-corrected chi connectivity index (χ0v) is 12.7. The van der Waals surface area contributed by atoms with E-state index in [1.165, 1.54) is 4.90 Å². The summed E-state index contributed by atoms with van der Waals surface area (Å²) in [6.07, 6.45) is -1.63. The van der Waals surface area contributed by atoms with Crippen molar-refractivity contribution in [3.8, 4) is 0 Å². The van der Waals surface area contributed by atoms with Crippen molar-refractivity contribution >= 4 is 17.8 Å². The van der Waals surface area contributed by atoms with Crippen LogP contribution in [0.1, 0.15) is 13.3 Å². The first kappa shape index (κ1) is 17.4. The first-order chi connectivity index (χ1) is 9.31. The lowest BCUT2D eigenvalue weighted by atomic mass is 10.4. The molecule has 1 saturated heterocycles. The van der Waals surface area contributed by atoms with E-state index >= 15 is 0 Å². The highest BCUT2D eigenvalue weighted by Crippen LogP contribution is 2.17. The molecule has 1 N–H and O–H groups in total. The number of amides is 2. The molecule has 0 aliphatic carbocycles. The maximum absolute atomic E-state index is 12.3. The second-order valence-electron chi connectivity index (χ2n) is 4.96. The summed E-state index contributed by atoms with van der Waals surface area (Å²) < 4.78 is 37.0. The molecule has 0 aromatic carbocycles. The molecule has 0 saturated carbocycles. The van der Waals surface area contributed by atoms with Crippen LogP contribution in [-0.4, -0.2) is 72.8 Å². The fraction of sp³-hybridized carbons (Fsp3) is 0.917. The van der Waals surface area contributed by atoms with Gasteiger partial charge in [0.2, 0.25) is 0 Å². The van der Waals surface area contributed by atoms with Gasteiger partial charge in [-0.05, 0) is 12.7 Å². The first-order valence-corrected chi connectivity index (χ1v) is 7.95. The molecule has 0 aromatic rings. The second kappa shape index (κ2) is 7.97. The molecule has 118 valence electrons. The number of hydrogen-bond donors (Lipinski definition) is 1. The van der Waals surface area contributed by atoms with Gasteiger partial charge in [-0.1, -0.05) is 6.92 Å². The first-order valence-electron chi connectivity index (χ1n) is 6.66. The van der Waals surface area contributed by atoms with E-state index in [4.69, 9.17) is 0 Å². The van der Waals surface area contributed by atoms with Gasteiger partial charge in [0.05, 0.1) is 6.54 Å². The highest BCUT2D eigenvalue weighted by molar-refractivity contribution is 7.99. The van der Waals surface area contributed by atoms with E-state index in [2.05, 4.69) is 5.32 Å². The molecule has 1 rings (SSSR count). The average Bonchev–Trinajstić information content (AvgIpc) is 2.59. The molecule has 0 radical (unpaired) electrons. The Labute approximate surface area is 122 Å². The van der Waals surface area contributed by atoms with E-state index in [-0.39, 0.29) is 12.6 Å². The molecule has 4 nitrogen and oxygen atoms in total. The zero-order valence-electron chi connectivity index (χ0n) is 11.9. The van der Waals surface area contributed by atoms with Crippen LogP contribution in [0.5, 0.6) is 0 Å². The summed E-state index contributed by atoms with van der Waals surface area (Å²) in [5.74, 6) is 0. The molecule has 1 fully saturated rings. The lowest BCUT2D eigenvalue weighted by molar-refractivity contribution is -0.145. The maximum atomic E-state index is 12.3. The summed E-state index contributed by atoms with van der Waals surface area (Å²) in [5, 5.41) is 3.15. The number of carbonyl (C=O) groups is 1. The van der Waals surface area contributed by atoms with Crippen LogP contribution in [0.2, 0.25) is 0 Å². The van der Waals surface area contributed by atoms with Gasteiger partial charge in [-0.2, -0.15) is 24.9 Å². The number of hydrogen-bond acceptors (Lipinski definition) is 3. The van der Waals surface area contributed by atoms with Crippen molar-refractivity contribution < 1.29 is 18.0 Å². The van der Waals surface area contributed by atoms with Crippen LogP contribution in [0.4, 0.5) is 18.0 Å². The quantitative estimate of drug-likeness (QED) is 0.862. The van der Waals surface area contributed by atoms with Gasteiger partial charge in [-0.3, -0.25) is 4.90 Å². The Morgan fingerprint density at radius 3 is 2.60 bits per heavy atom. The summed E-state index contributed by atoms with van der Waals surface area (Å²) in [4.78, 5) is 14.9. The largest absolute Gasteiger partial charge is 0.401 e. The van der Waals surface area contributed by atoms with E-state index in [0.717, 1.165) is 0 Å². The third-order valence-electron chi connectivity index (χ3n) is 3.22. The summed E-state index contributed by atoms with van der Waals surface area (Å²) in [5.41, 5.74) is 0. The second-order valence-corrected chi connectivity index (χ2v) is 6.24. The molecule has 1 heterocycles. The van der Waals surface area contributed by atoms with E-state index in [9.17, 15) is 18.0 Å². The Kier molecular flexibility index (Phi) is 6.94. The minimum Gasteiger partial charge on any atom is -0.337 e. The van der Waals surface area contributed by atoms with Crippen molar-refractivity contribution in [2.24, 2.45) is 0 Å². The molecular formula is C12H22F3N3OS. The monoisotopic (exact) mass is 313 g/mol.